The Balaban J connectivity index is 1.78. The van der Waals surface area contributed by atoms with Gasteiger partial charge in [-0.2, -0.15) is 0 Å². The summed E-state index contributed by atoms with van der Waals surface area (Å²) in [5, 5.41) is 0. The van der Waals surface area contributed by atoms with Crippen molar-refractivity contribution in [3.8, 4) is 0 Å². The van der Waals surface area contributed by atoms with Crippen LogP contribution in [0.2, 0.25) is 0 Å². The first-order valence-electron chi connectivity index (χ1n) is 8.44. The molecule has 0 radical (unpaired) electrons. The van der Waals surface area contributed by atoms with Crippen molar-refractivity contribution in [3.05, 3.63) is 30.3 Å². The molecule has 2 aliphatic rings. The summed E-state index contributed by atoms with van der Waals surface area (Å²) >= 11 is 0. The monoisotopic (exact) mass is 302 g/mol. The van der Waals surface area contributed by atoms with E-state index in [0.717, 1.165) is 13.2 Å². The topological polar surface area (TPSA) is 32.8 Å². The number of carbonyl (C=O) groups is 1. The van der Waals surface area contributed by atoms with Gasteiger partial charge in [0.05, 0.1) is 25.4 Å². The molecule has 1 saturated carbocycles. The van der Waals surface area contributed by atoms with Gasteiger partial charge in [-0.25, -0.2) is 0 Å². The molecule has 0 atom stereocenters. The number of esters is 1. The molecule has 4 nitrogen and oxygen atoms in total. The van der Waals surface area contributed by atoms with Gasteiger partial charge in [-0.05, 0) is 31.9 Å². The maximum Gasteiger partial charge on any atom is 0.320 e. The molecule has 1 aliphatic carbocycles. The smallest absolute Gasteiger partial charge is 0.320 e. The van der Waals surface area contributed by atoms with E-state index in [1.54, 1.807) is 0 Å². The SMILES string of the molecule is CCOC(=O)CN1CN(c2ccccc2)C2(CCCCC2)C1. The highest BCUT2D eigenvalue weighted by Gasteiger charge is 2.45. The molecule has 0 aromatic heterocycles. The van der Waals surface area contributed by atoms with Crippen molar-refractivity contribution in [1.29, 1.82) is 0 Å². The lowest BCUT2D eigenvalue weighted by Gasteiger charge is -2.42. The molecule has 1 aliphatic heterocycles. The Morgan fingerprint density at radius 3 is 2.59 bits per heavy atom. The van der Waals surface area contributed by atoms with Crippen LogP contribution < -0.4 is 4.90 Å². The molecule has 22 heavy (non-hydrogen) atoms. The summed E-state index contributed by atoms with van der Waals surface area (Å²) < 4.78 is 5.12. The normalized spacial score (nSPS) is 21.2. The lowest BCUT2D eigenvalue weighted by Crippen LogP contribution is -2.47. The molecular weight excluding hydrogens is 276 g/mol. The van der Waals surface area contributed by atoms with Crippen molar-refractivity contribution >= 4 is 11.7 Å². The van der Waals surface area contributed by atoms with Crippen LogP contribution in [0.15, 0.2) is 30.3 Å². The van der Waals surface area contributed by atoms with Gasteiger partial charge >= 0.3 is 5.97 Å². The molecule has 0 bridgehead atoms. The van der Waals surface area contributed by atoms with E-state index in [4.69, 9.17) is 4.74 Å². The van der Waals surface area contributed by atoms with Gasteiger partial charge in [0.1, 0.15) is 0 Å². The van der Waals surface area contributed by atoms with Gasteiger partial charge in [-0.15, -0.1) is 0 Å². The highest BCUT2D eigenvalue weighted by molar-refractivity contribution is 5.72. The molecule has 1 aromatic carbocycles. The number of para-hydroxylation sites is 1. The van der Waals surface area contributed by atoms with Crippen molar-refractivity contribution in [1.82, 2.24) is 4.90 Å². The second kappa shape index (κ2) is 6.69. The second-order valence-electron chi connectivity index (χ2n) is 6.48. The van der Waals surface area contributed by atoms with Crippen molar-refractivity contribution in [2.45, 2.75) is 44.6 Å². The van der Waals surface area contributed by atoms with Crippen LogP contribution in [0.5, 0.6) is 0 Å². The lowest BCUT2D eigenvalue weighted by atomic mass is 9.81. The molecule has 3 rings (SSSR count). The van der Waals surface area contributed by atoms with E-state index in [0.29, 0.717) is 13.2 Å². The molecular formula is C18H26N2O2. The van der Waals surface area contributed by atoms with Gasteiger partial charge in [0.15, 0.2) is 0 Å². The first-order valence-corrected chi connectivity index (χ1v) is 8.44. The van der Waals surface area contributed by atoms with E-state index >= 15 is 0 Å². The first kappa shape index (κ1) is 15.3. The van der Waals surface area contributed by atoms with E-state index in [1.165, 1.54) is 37.8 Å². The maximum absolute atomic E-state index is 11.8. The average Bonchev–Trinajstić information content (AvgIpc) is 2.86. The zero-order valence-corrected chi connectivity index (χ0v) is 13.5. The van der Waals surface area contributed by atoms with Gasteiger partial charge in [0.25, 0.3) is 0 Å². The summed E-state index contributed by atoms with van der Waals surface area (Å²) in [6.07, 6.45) is 6.36. The number of ether oxygens (including phenoxy) is 1. The van der Waals surface area contributed by atoms with Crippen LogP contribution in [0, 0.1) is 0 Å². The average molecular weight is 302 g/mol. The van der Waals surface area contributed by atoms with Crippen molar-refractivity contribution < 1.29 is 9.53 Å². The minimum absolute atomic E-state index is 0.108. The predicted molar refractivity (Wildman–Crippen MR) is 87.8 cm³/mol. The molecule has 1 saturated heterocycles. The number of hydrogen-bond acceptors (Lipinski definition) is 4. The first-order chi connectivity index (χ1) is 10.7. The largest absolute Gasteiger partial charge is 0.465 e. The standard InChI is InChI=1S/C18H26N2O2/c1-2-22-17(21)13-19-14-18(11-7-4-8-12-18)20(15-19)16-9-5-3-6-10-16/h3,5-6,9-10H,2,4,7-8,11-15H2,1H3. The fourth-order valence-corrected chi connectivity index (χ4v) is 4.00. The highest BCUT2D eigenvalue weighted by atomic mass is 16.5. The Kier molecular flexibility index (Phi) is 4.67. The van der Waals surface area contributed by atoms with Gasteiger partial charge in [0, 0.05) is 12.2 Å². The van der Waals surface area contributed by atoms with Crippen LogP contribution in [0.1, 0.15) is 39.0 Å². The summed E-state index contributed by atoms with van der Waals surface area (Å²) in [5.41, 5.74) is 1.47. The molecule has 0 amide bonds. The Morgan fingerprint density at radius 1 is 1.18 bits per heavy atom. The van der Waals surface area contributed by atoms with E-state index in [2.05, 4.69) is 40.1 Å². The lowest BCUT2D eigenvalue weighted by molar-refractivity contribution is -0.144. The minimum atomic E-state index is -0.108. The van der Waals surface area contributed by atoms with Crippen LogP contribution in [-0.2, 0) is 9.53 Å². The van der Waals surface area contributed by atoms with Crippen LogP contribution >= 0.6 is 0 Å². The Bertz CT molecular complexity index is 497. The predicted octanol–water partition coefficient (Wildman–Crippen LogP) is 3.03. The molecule has 1 spiro atoms. The second-order valence-corrected chi connectivity index (χ2v) is 6.48. The quantitative estimate of drug-likeness (QED) is 0.800. The number of benzene rings is 1. The number of nitrogens with zero attached hydrogens (tertiary/aromatic N) is 2. The molecule has 4 heteroatoms. The molecule has 1 aromatic rings. The van der Waals surface area contributed by atoms with Crippen molar-refractivity contribution in [2.75, 3.05) is 31.3 Å². The van der Waals surface area contributed by atoms with Crippen LogP contribution in [-0.4, -0.2) is 42.8 Å². The summed E-state index contributed by atoms with van der Waals surface area (Å²) in [6, 6.07) is 10.6. The van der Waals surface area contributed by atoms with Gasteiger partial charge < -0.3 is 9.64 Å². The minimum Gasteiger partial charge on any atom is -0.465 e. The molecule has 120 valence electrons. The summed E-state index contributed by atoms with van der Waals surface area (Å²) in [6.45, 7) is 4.52. The summed E-state index contributed by atoms with van der Waals surface area (Å²) in [7, 11) is 0. The highest BCUT2D eigenvalue weighted by Crippen LogP contribution is 2.41. The molecule has 2 fully saturated rings. The number of anilines is 1. The number of carbonyl (C=O) groups excluding carboxylic acids is 1. The van der Waals surface area contributed by atoms with E-state index in [1.807, 2.05) is 6.92 Å². The molecule has 0 unspecified atom stereocenters. The fraction of sp³-hybridized carbons (Fsp3) is 0.611. The maximum atomic E-state index is 11.8. The Hall–Kier alpha value is -1.55. The van der Waals surface area contributed by atoms with Crippen LogP contribution in [0.25, 0.3) is 0 Å². The van der Waals surface area contributed by atoms with Crippen LogP contribution in [0.4, 0.5) is 5.69 Å². The zero-order chi connectivity index (χ0) is 15.4. The van der Waals surface area contributed by atoms with E-state index in [-0.39, 0.29) is 11.5 Å². The zero-order valence-electron chi connectivity index (χ0n) is 13.5. The third kappa shape index (κ3) is 3.12. The number of hydrogen-bond donors (Lipinski definition) is 0. The van der Waals surface area contributed by atoms with Gasteiger partial charge in [0.2, 0.25) is 0 Å². The van der Waals surface area contributed by atoms with Crippen LogP contribution in [0.3, 0.4) is 0 Å². The van der Waals surface area contributed by atoms with Gasteiger partial charge in [-0.3, -0.25) is 9.69 Å². The van der Waals surface area contributed by atoms with Gasteiger partial charge in [-0.1, -0.05) is 37.5 Å². The summed E-state index contributed by atoms with van der Waals surface area (Å²) in [4.78, 5) is 16.6. The summed E-state index contributed by atoms with van der Waals surface area (Å²) in [5.74, 6) is -0.108. The molecule has 0 N–H and O–H groups in total. The third-order valence-electron chi connectivity index (χ3n) is 4.94. The number of rotatable bonds is 4. The van der Waals surface area contributed by atoms with E-state index in [9.17, 15) is 4.79 Å². The van der Waals surface area contributed by atoms with Crippen molar-refractivity contribution in [3.63, 3.8) is 0 Å². The Morgan fingerprint density at radius 2 is 1.91 bits per heavy atom. The fourth-order valence-electron chi connectivity index (χ4n) is 4.00. The van der Waals surface area contributed by atoms with E-state index < -0.39 is 0 Å². The van der Waals surface area contributed by atoms with Crippen molar-refractivity contribution in [2.24, 2.45) is 0 Å². The third-order valence-corrected chi connectivity index (χ3v) is 4.94. The molecule has 1 heterocycles. The Labute approximate surface area is 133 Å².